The van der Waals surface area contributed by atoms with E-state index in [-0.39, 0.29) is 18.5 Å². The molecule has 7 heteroatoms. The molecule has 3 aromatic rings. The molecule has 1 N–H and O–H groups in total. The molecule has 0 saturated heterocycles. The number of methoxy groups -OCH3 is 2. The van der Waals surface area contributed by atoms with Crippen LogP contribution in [0.15, 0.2) is 42.5 Å². The number of benzene rings is 2. The van der Waals surface area contributed by atoms with Gasteiger partial charge in [-0.3, -0.25) is 9.69 Å². The van der Waals surface area contributed by atoms with Crippen molar-refractivity contribution in [2.75, 3.05) is 27.8 Å². The number of nitrogens with one attached hydrogen (secondary N) is 1. The Morgan fingerprint density at radius 3 is 2.71 bits per heavy atom. The summed E-state index contributed by atoms with van der Waals surface area (Å²) in [5.74, 6) is 1.39. The van der Waals surface area contributed by atoms with E-state index >= 15 is 0 Å². The van der Waals surface area contributed by atoms with Crippen LogP contribution in [0.3, 0.4) is 0 Å². The number of nitrogens with zero attached hydrogens (tertiary/aromatic N) is 2. The SMILES string of the molecule is COc1ccc(OC)c([C@H](C)NC(=O)CN(C)Cc2nc3ccccc3s2)c1. The predicted octanol–water partition coefficient (Wildman–Crippen LogP) is 3.62. The van der Waals surface area contributed by atoms with Gasteiger partial charge in [-0.1, -0.05) is 12.1 Å². The number of aromatic nitrogens is 1. The van der Waals surface area contributed by atoms with Crippen LogP contribution in [0.25, 0.3) is 10.2 Å². The van der Waals surface area contributed by atoms with E-state index in [9.17, 15) is 4.79 Å². The quantitative estimate of drug-likeness (QED) is 0.627. The number of likely N-dealkylation sites (N-methyl/N-ethyl adjacent to an activating group) is 1. The Morgan fingerprint density at radius 2 is 2.00 bits per heavy atom. The first-order valence-electron chi connectivity index (χ1n) is 9.04. The van der Waals surface area contributed by atoms with Gasteiger partial charge < -0.3 is 14.8 Å². The molecule has 1 heterocycles. The van der Waals surface area contributed by atoms with Crippen molar-refractivity contribution in [3.8, 4) is 11.5 Å². The fourth-order valence-corrected chi connectivity index (χ4v) is 4.11. The van der Waals surface area contributed by atoms with Crippen LogP contribution in [-0.2, 0) is 11.3 Å². The lowest BCUT2D eigenvalue weighted by Gasteiger charge is -2.20. The summed E-state index contributed by atoms with van der Waals surface area (Å²) in [6, 6.07) is 13.4. The maximum Gasteiger partial charge on any atom is 0.234 e. The molecule has 0 radical (unpaired) electrons. The van der Waals surface area contributed by atoms with Gasteiger partial charge in [0, 0.05) is 5.56 Å². The van der Waals surface area contributed by atoms with Gasteiger partial charge in [0.05, 0.1) is 43.6 Å². The molecule has 1 aromatic heterocycles. The first-order chi connectivity index (χ1) is 13.5. The molecular formula is C21H25N3O3S. The van der Waals surface area contributed by atoms with Crippen LogP contribution in [0.4, 0.5) is 0 Å². The molecule has 28 heavy (non-hydrogen) atoms. The number of hydrogen-bond acceptors (Lipinski definition) is 6. The van der Waals surface area contributed by atoms with Crippen LogP contribution >= 0.6 is 11.3 Å². The number of thiazole rings is 1. The number of carbonyl (C=O) groups is 1. The third-order valence-corrected chi connectivity index (χ3v) is 5.46. The average Bonchev–Trinajstić information content (AvgIpc) is 3.09. The Labute approximate surface area is 169 Å². The first kappa shape index (κ1) is 20.1. The number of rotatable bonds is 8. The summed E-state index contributed by atoms with van der Waals surface area (Å²) in [6.45, 7) is 2.85. The van der Waals surface area contributed by atoms with Crippen LogP contribution < -0.4 is 14.8 Å². The highest BCUT2D eigenvalue weighted by Crippen LogP contribution is 2.29. The van der Waals surface area contributed by atoms with Gasteiger partial charge in [-0.2, -0.15) is 0 Å². The topological polar surface area (TPSA) is 63.7 Å². The Bertz CT molecular complexity index is 924. The highest BCUT2D eigenvalue weighted by atomic mass is 32.1. The zero-order valence-corrected chi connectivity index (χ0v) is 17.4. The predicted molar refractivity (Wildman–Crippen MR) is 112 cm³/mol. The van der Waals surface area contributed by atoms with Crippen molar-refractivity contribution in [2.45, 2.75) is 19.5 Å². The van der Waals surface area contributed by atoms with Crippen molar-refractivity contribution in [1.82, 2.24) is 15.2 Å². The van der Waals surface area contributed by atoms with Gasteiger partial charge in [0.2, 0.25) is 5.91 Å². The van der Waals surface area contributed by atoms with Crippen molar-refractivity contribution in [3.63, 3.8) is 0 Å². The zero-order chi connectivity index (χ0) is 20.1. The molecule has 3 rings (SSSR count). The van der Waals surface area contributed by atoms with Crippen LogP contribution in [-0.4, -0.2) is 43.6 Å². The maximum absolute atomic E-state index is 12.5. The van der Waals surface area contributed by atoms with E-state index in [0.717, 1.165) is 32.3 Å². The number of para-hydroxylation sites is 1. The van der Waals surface area contributed by atoms with E-state index in [2.05, 4.69) is 16.4 Å². The summed E-state index contributed by atoms with van der Waals surface area (Å²) in [7, 11) is 5.15. The number of ether oxygens (including phenoxy) is 2. The van der Waals surface area contributed by atoms with Gasteiger partial charge >= 0.3 is 0 Å². The smallest absolute Gasteiger partial charge is 0.234 e. The molecule has 0 spiro atoms. The molecule has 0 saturated carbocycles. The largest absolute Gasteiger partial charge is 0.497 e. The molecule has 0 aliphatic carbocycles. The fourth-order valence-electron chi connectivity index (χ4n) is 3.06. The lowest BCUT2D eigenvalue weighted by Crippen LogP contribution is -2.36. The minimum absolute atomic E-state index is 0.0546. The molecule has 0 aliphatic heterocycles. The van der Waals surface area contributed by atoms with Gasteiger partial charge in [0.15, 0.2) is 0 Å². The Balaban J connectivity index is 1.60. The molecular weight excluding hydrogens is 374 g/mol. The lowest BCUT2D eigenvalue weighted by atomic mass is 10.1. The Morgan fingerprint density at radius 1 is 1.21 bits per heavy atom. The maximum atomic E-state index is 12.5. The first-order valence-corrected chi connectivity index (χ1v) is 9.86. The second-order valence-electron chi connectivity index (χ2n) is 6.64. The van der Waals surface area contributed by atoms with Crippen molar-refractivity contribution in [3.05, 3.63) is 53.0 Å². The second-order valence-corrected chi connectivity index (χ2v) is 7.76. The third kappa shape index (κ3) is 4.79. The minimum atomic E-state index is -0.201. The van der Waals surface area contributed by atoms with Gasteiger partial charge in [0.25, 0.3) is 0 Å². The average molecular weight is 400 g/mol. The second kappa shape index (κ2) is 9.03. The van der Waals surface area contributed by atoms with Crippen molar-refractivity contribution in [1.29, 1.82) is 0 Å². The molecule has 6 nitrogen and oxygen atoms in total. The van der Waals surface area contributed by atoms with Crippen LogP contribution in [0, 0.1) is 0 Å². The van der Waals surface area contributed by atoms with Gasteiger partial charge in [-0.15, -0.1) is 11.3 Å². The highest BCUT2D eigenvalue weighted by Gasteiger charge is 2.17. The van der Waals surface area contributed by atoms with Gasteiger partial charge in [-0.05, 0) is 44.3 Å². The highest BCUT2D eigenvalue weighted by molar-refractivity contribution is 7.18. The third-order valence-electron chi connectivity index (χ3n) is 4.44. The molecule has 0 unspecified atom stereocenters. The molecule has 2 aromatic carbocycles. The van der Waals surface area contributed by atoms with Crippen LogP contribution in [0.2, 0.25) is 0 Å². The van der Waals surface area contributed by atoms with Crippen LogP contribution in [0.1, 0.15) is 23.5 Å². The zero-order valence-electron chi connectivity index (χ0n) is 16.6. The number of fused-ring (bicyclic) bond motifs is 1. The Kier molecular flexibility index (Phi) is 6.49. The van der Waals surface area contributed by atoms with Crippen molar-refractivity contribution >= 4 is 27.5 Å². The monoisotopic (exact) mass is 399 g/mol. The molecule has 0 aliphatic rings. The van der Waals surface area contributed by atoms with Crippen LogP contribution in [0.5, 0.6) is 11.5 Å². The number of hydrogen-bond donors (Lipinski definition) is 1. The lowest BCUT2D eigenvalue weighted by molar-refractivity contribution is -0.122. The standard InChI is InChI=1S/C21H25N3O3S/c1-14(16-11-15(26-3)9-10-18(16)27-4)22-20(25)12-24(2)13-21-23-17-7-5-6-8-19(17)28-21/h5-11,14H,12-13H2,1-4H3,(H,22,25)/t14-/m0/s1. The fraction of sp³-hybridized carbons (Fsp3) is 0.333. The molecule has 1 atom stereocenters. The summed E-state index contributed by atoms with van der Waals surface area (Å²) in [6.07, 6.45) is 0. The summed E-state index contributed by atoms with van der Waals surface area (Å²) in [5.41, 5.74) is 1.88. The van der Waals surface area contributed by atoms with E-state index < -0.39 is 0 Å². The number of amides is 1. The minimum Gasteiger partial charge on any atom is -0.497 e. The van der Waals surface area contributed by atoms with E-state index in [4.69, 9.17) is 9.47 Å². The summed E-state index contributed by atoms with van der Waals surface area (Å²) >= 11 is 1.66. The number of carbonyl (C=O) groups excluding carboxylic acids is 1. The van der Waals surface area contributed by atoms with E-state index in [0.29, 0.717) is 6.54 Å². The Hall–Kier alpha value is -2.64. The van der Waals surface area contributed by atoms with E-state index in [1.807, 2.05) is 55.3 Å². The molecule has 148 valence electrons. The van der Waals surface area contributed by atoms with Gasteiger partial charge in [-0.25, -0.2) is 4.98 Å². The summed E-state index contributed by atoms with van der Waals surface area (Å²) in [5, 5.41) is 4.03. The van der Waals surface area contributed by atoms with E-state index in [1.165, 1.54) is 0 Å². The molecule has 1 amide bonds. The normalized spacial score (nSPS) is 12.2. The van der Waals surface area contributed by atoms with Crippen molar-refractivity contribution in [2.24, 2.45) is 0 Å². The van der Waals surface area contributed by atoms with Crippen molar-refractivity contribution < 1.29 is 14.3 Å². The molecule has 0 fully saturated rings. The summed E-state index contributed by atoms with van der Waals surface area (Å²) < 4.78 is 11.9. The summed E-state index contributed by atoms with van der Waals surface area (Å²) in [4.78, 5) is 19.1. The van der Waals surface area contributed by atoms with E-state index in [1.54, 1.807) is 25.6 Å². The van der Waals surface area contributed by atoms with Gasteiger partial charge in [0.1, 0.15) is 16.5 Å². The molecule has 0 bridgehead atoms.